The van der Waals surface area contributed by atoms with Gasteiger partial charge in [-0.15, -0.1) is 0 Å². The average Bonchev–Trinajstić information content (AvgIpc) is 3.42. The summed E-state index contributed by atoms with van der Waals surface area (Å²) < 4.78 is 0. The van der Waals surface area contributed by atoms with E-state index in [9.17, 15) is 19.2 Å². The van der Waals surface area contributed by atoms with Crippen LogP contribution in [-0.4, -0.2) is 52.8 Å². The first-order valence-electron chi connectivity index (χ1n) is 14.8. The molecule has 0 spiro atoms. The molecule has 44 heavy (non-hydrogen) atoms. The molecule has 230 valence electrons. The van der Waals surface area contributed by atoms with Crippen LogP contribution >= 0.6 is 0 Å². The highest BCUT2D eigenvalue weighted by Gasteiger charge is 2.29. The highest BCUT2D eigenvalue weighted by molar-refractivity contribution is 5.94. The smallest absolute Gasteiger partial charge is 0.243 e. The van der Waals surface area contributed by atoms with E-state index < -0.39 is 35.8 Å². The van der Waals surface area contributed by atoms with E-state index in [-0.39, 0.29) is 37.6 Å². The van der Waals surface area contributed by atoms with E-state index in [4.69, 9.17) is 11.5 Å². The third kappa shape index (κ3) is 9.27. The Bertz CT molecular complexity index is 1560. The second kappa shape index (κ2) is 15.5. The number of hydrogen-bond acceptors (Lipinski definition) is 5. The van der Waals surface area contributed by atoms with Crippen LogP contribution in [0.3, 0.4) is 0 Å². The minimum atomic E-state index is -1.13. The third-order valence-corrected chi connectivity index (χ3v) is 7.45. The summed E-state index contributed by atoms with van der Waals surface area (Å²) in [5.41, 5.74) is 15.2. The number of primary amides is 1. The van der Waals surface area contributed by atoms with Gasteiger partial charge in [-0.25, -0.2) is 0 Å². The second-order valence-electron chi connectivity index (χ2n) is 11.1. The van der Waals surface area contributed by atoms with Gasteiger partial charge in [0.05, 0.1) is 6.04 Å². The lowest BCUT2D eigenvalue weighted by atomic mass is 10.0. The van der Waals surface area contributed by atoms with E-state index in [2.05, 4.69) is 20.9 Å². The van der Waals surface area contributed by atoms with E-state index in [1.165, 1.54) is 0 Å². The number of fused-ring (bicyclic) bond motifs is 1. The largest absolute Gasteiger partial charge is 0.370 e. The quantitative estimate of drug-likeness (QED) is 0.123. The van der Waals surface area contributed by atoms with E-state index in [1.54, 1.807) is 0 Å². The zero-order valence-electron chi connectivity index (χ0n) is 24.8. The van der Waals surface area contributed by atoms with Gasteiger partial charge in [0.2, 0.25) is 23.6 Å². The monoisotopic (exact) mass is 596 g/mol. The maximum Gasteiger partial charge on any atom is 0.243 e. The van der Waals surface area contributed by atoms with Crippen LogP contribution in [0.5, 0.6) is 0 Å². The van der Waals surface area contributed by atoms with Crippen molar-refractivity contribution in [2.75, 3.05) is 0 Å². The van der Waals surface area contributed by atoms with Crippen molar-refractivity contribution in [2.24, 2.45) is 11.5 Å². The molecule has 8 N–H and O–H groups in total. The van der Waals surface area contributed by atoms with Crippen molar-refractivity contribution in [2.45, 2.75) is 63.2 Å². The number of aromatic nitrogens is 1. The first-order chi connectivity index (χ1) is 21.2. The van der Waals surface area contributed by atoms with Gasteiger partial charge in [0.25, 0.3) is 0 Å². The molecule has 4 amide bonds. The van der Waals surface area contributed by atoms with Gasteiger partial charge in [-0.2, -0.15) is 0 Å². The third-order valence-electron chi connectivity index (χ3n) is 7.45. The Morgan fingerprint density at radius 1 is 0.705 bits per heavy atom. The van der Waals surface area contributed by atoms with E-state index >= 15 is 0 Å². The van der Waals surface area contributed by atoms with Gasteiger partial charge in [0, 0.05) is 36.0 Å². The van der Waals surface area contributed by atoms with Crippen molar-refractivity contribution >= 4 is 34.5 Å². The number of nitrogens with two attached hydrogens (primary N) is 2. The molecule has 1 aromatic heterocycles. The summed E-state index contributed by atoms with van der Waals surface area (Å²) in [6.45, 7) is 1.90. The van der Waals surface area contributed by atoms with E-state index in [0.717, 1.165) is 27.6 Å². The van der Waals surface area contributed by atoms with Gasteiger partial charge < -0.3 is 32.4 Å². The molecule has 0 saturated carbocycles. The number of amides is 4. The first kappa shape index (κ1) is 32.0. The summed E-state index contributed by atoms with van der Waals surface area (Å²) in [6, 6.07) is 23.5. The first-order valence-corrected chi connectivity index (χ1v) is 14.8. The Kier molecular flexibility index (Phi) is 11.3. The van der Waals surface area contributed by atoms with Crippen LogP contribution in [0.1, 0.15) is 36.5 Å². The lowest BCUT2D eigenvalue weighted by molar-refractivity contribution is -0.133. The predicted molar refractivity (Wildman–Crippen MR) is 170 cm³/mol. The minimum absolute atomic E-state index is 0.0448. The molecule has 10 nitrogen and oxygen atoms in total. The molecule has 0 aliphatic rings. The molecular weight excluding hydrogens is 556 g/mol. The SMILES string of the molecule is C[C@@H](Cc1ccccc1)NC(=O)[C@@H](Cc1c[nH]c2ccccc12)NC(=O)[C@H](CCC(N)=O)NC(=O)[C@H](N)Cc1ccccc1. The average molecular weight is 597 g/mol. The maximum atomic E-state index is 13.6. The van der Waals surface area contributed by atoms with Gasteiger partial charge in [-0.3, -0.25) is 19.2 Å². The number of rotatable bonds is 15. The Balaban J connectivity index is 1.51. The molecule has 3 aromatic carbocycles. The van der Waals surface area contributed by atoms with Crippen molar-refractivity contribution in [1.82, 2.24) is 20.9 Å². The van der Waals surface area contributed by atoms with Crippen LogP contribution in [-0.2, 0) is 38.4 Å². The molecule has 4 rings (SSSR count). The number of H-pyrrole nitrogens is 1. The summed E-state index contributed by atoms with van der Waals surface area (Å²) in [7, 11) is 0. The zero-order chi connectivity index (χ0) is 31.5. The summed E-state index contributed by atoms with van der Waals surface area (Å²) >= 11 is 0. The molecule has 0 bridgehead atoms. The van der Waals surface area contributed by atoms with Crippen LogP contribution in [0.4, 0.5) is 0 Å². The van der Waals surface area contributed by atoms with E-state index in [0.29, 0.717) is 6.42 Å². The number of para-hydroxylation sites is 1. The molecule has 0 radical (unpaired) electrons. The van der Waals surface area contributed by atoms with E-state index in [1.807, 2.05) is 98.0 Å². The fourth-order valence-electron chi connectivity index (χ4n) is 5.16. The Morgan fingerprint density at radius 3 is 1.93 bits per heavy atom. The highest BCUT2D eigenvalue weighted by Crippen LogP contribution is 2.19. The van der Waals surface area contributed by atoms with Crippen molar-refractivity contribution in [3.05, 3.63) is 108 Å². The second-order valence-corrected chi connectivity index (χ2v) is 11.1. The standard InChI is InChI=1S/C34H40N6O4/c1-22(18-23-10-4-2-5-11-23)38-34(44)30(20-25-21-37-28-15-9-8-14-26(25)28)40-33(43)29(16-17-31(36)41)39-32(42)27(35)19-24-12-6-3-7-13-24/h2-15,21-22,27,29-30,37H,16-20,35H2,1H3,(H2,36,41)(H,38,44)(H,39,42)(H,40,43)/t22-,27+,29-,30+/m0/s1. The van der Waals surface area contributed by atoms with Crippen molar-refractivity contribution in [3.63, 3.8) is 0 Å². The fourth-order valence-corrected chi connectivity index (χ4v) is 5.16. The van der Waals surface area contributed by atoms with Gasteiger partial charge in [-0.1, -0.05) is 78.9 Å². The molecule has 4 aromatic rings. The van der Waals surface area contributed by atoms with Gasteiger partial charge >= 0.3 is 0 Å². The van der Waals surface area contributed by atoms with Gasteiger partial charge in [-0.05, 0) is 48.9 Å². The van der Waals surface area contributed by atoms with Crippen LogP contribution in [0.25, 0.3) is 10.9 Å². The Hall–Kier alpha value is -4.96. The lowest BCUT2D eigenvalue weighted by Crippen LogP contribution is -2.57. The number of aromatic amines is 1. The molecule has 0 saturated heterocycles. The minimum Gasteiger partial charge on any atom is -0.370 e. The number of carbonyl (C=O) groups excluding carboxylic acids is 4. The zero-order valence-corrected chi connectivity index (χ0v) is 24.8. The fraction of sp³-hybridized carbons (Fsp3) is 0.294. The highest BCUT2D eigenvalue weighted by atomic mass is 16.2. The van der Waals surface area contributed by atoms with Gasteiger partial charge in [0.15, 0.2) is 0 Å². The van der Waals surface area contributed by atoms with Crippen molar-refractivity contribution < 1.29 is 19.2 Å². The van der Waals surface area contributed by atoms with Crippen molar-refractivity contribution in [1.29, 1.82) is 0 Å². The number of carbonyl (C=O) groups is 4. The Morgan fingerprint density at radius 2 is 1.27 bits per heavy atom. The molecule has 0 aliphatic carbocycles. The molecule has 1 heterocycles. The summed E-state index contributed by atoms with van der Waals surface area (Å²) in [4.78, 5) is 55.1. The summed E-state index contributed by atoms with van der Waals surface area (Å²) in [5, 5.41) is 9.47. The summed E-state index contributed by atoms with van der Waals surface area (Å²) in [5.74, 6) is -2.14. The van der Waals surface area contributed by atoms with Gasteiger partial charge in [0.1, 0.15) is 12.1 Å². The van der Waals surface area contributed by atoms with Crippen LogP contribution in [0.2, 0.25) is 0 Å². The number of hydrogen-bond donors (Lipinski definition) is 6. The number of nitrogens with one attached hydrogen (secondary N) is 4. The summed E-state index contributed by atoms with van der Waals surface area (Å²) in [6.07, 6.45) is 2.71. The Labute approximate surface area is 257 Å². The predicted octanol–water partition coefficient (Wildman–Crippen LogP) is 2.26. The lowest BCUT2D eigenvalue weighted by Gasteiger charge is -2.25. The molecule has 4 atom stereocenters. The normalized spacial score (nSPS) is 13.8. The van der Waals surface area contributed by atoms with Crippen molar-refractivity contribution in [3.8, 4) is 0 Å². The van der Waals surface area contributed by atoms with Crippen LogP contribution in [0.15, 0.2) is 91.1 Å². The molecule has 0 fully saturated rings. The molecule has 10 heteroatoms. The molecule has 0 aliphatic heterocycles. The maximum absolute atomic E-state index is 13.6. The topological polar surface area (TPSA) is 172 Å². The van der Waals surface area contributed by atoms with Crippen LogP contribution < -0.4 is 27.4 Å². The number of benzene rings is 3. The van der Waals surface area contributed by atoms with Crippen LogP contribution in [0, 0.1) is 0 Å². The molecule has 0 unspecified atom stereocenters. The molecular formula is C34H40N6O4.